The zero-order valence-electron chi connectivity index (χ0n) is 12.6. The smallest absolute Gasteiger partial charge is 0.423 e. The van der Waals surface area contributed by atoms with Crippen LogP contribution in [0.15, 0.2) is 11.6 Å². The molecule has 0 spiro atoms. The number of rotatable bonds is 8. The summed E-state index contributed by atoms with van der Waals surface area (Å²) in [5, 5.41) is 0.0948. The standard InChI is InChI=1S/C11H15BrCl3NO7S/c1-7(2)3-9(17)21-5-8(4-12)23-10(18)16-24(19,20)22-6-11(13,14)15/h3,8H,4-6H2,1-2H3,(H,16,18). The monoisotopic (exact) mass is 489 g/mol. The van der Waals surface area contributed by atoms with E-state index in [0.29, 0.717) is 0 Å². The molecule has 0 radical (unpaired) electrons. The van der Waals surface area contributed by atoms with Crippen molar-refractivity contribution in [2.45, 2.75) is 23.7 Å². The Balaban J connectivity index is 4.45. The van der Waals surface area contributed by atoms with Crippen LogP contribution in [0.1, 0.15) is 13.8 Å². The van der Waals surface area contributed by atoms with Crippen molar-refractivity contribution in [3.63, 3.8) is 0 Å². The van der Waals surface area contributed by atoms with E-state index in [1.54, 1.807) is 13.8 Å². The minimum Gasteiger partial charge on any atom is -0.459 e. The van der Waals surface area contributed by atoms with Crippen LogP contribution < -0.4 is 4.72 Å². The van der Waals surface area contributed by atoms with Gasteiger partial charge < -0.3 is 9.47 Å². The van der Waals surface area contributed by atoms with Gasteiger partial charge in [-0.25, -0.2) is 13.8 Å². The second-order valence-electron chi connectivity index (χ2n) is 4.47. The number of allylic oxidation sites excluding steroid dienone is 1. The molecule has 8 nitrogen and oxygen atoms in total. The van der Waals surface area contributed by atoms with Crippen LogP contribution >= 0.6 is 50.7 Å². The molecule has 0 aromatic heterocycles. The Hall–Kier alpha value is -0.260. The topological polar surface area (TPSA) is 108 Å². The van der Waals surface area contributed by atoms with Crippen molar-refractivity contribution in [1.29, 1.82) is 0 Å². The van der Waals surface area contributed by atoms with Gasteiger partial charge in [0.2, 0.25) is 3.79 Å². The highest BCUT2D eigenvalue weighted by atomic mass is 79.9. The molecule has 24 heavy (non-hydrogen) atoms. The number of hydrogen-bond acceptors (Lipinski definition) is 7. The first-order valence-electron chi connectivity index (χ1n) is 6.17. The molecule has 13 heteroatoms. The molecular formula is C11H15BrCl3NO7S. The molecule has 1 amide bonds. The Morgan fingerprint density at radius 3 is 2.33 bits per heavy atom. The molecule has 0 aliphatic heterocycles. The van der Waals surface area contributed by atoms with Gasteiger partial charge in [0.05, 0.1) is 0 Å². The molecular weight excluding hydrogens is 476 g/mol. The Bertz CT molecular complexity index is 573. The summed E-state index contributed by atoms with van der Waals surface area (Å²) in [4.78, 5) is 22.9. The first kappa shape index (κ1) is 23.7. The van der Waals surface area contributed by atoms with E-state index in [-0.39, 0.29) is 11.9 Å². The van der Waals surface area contributed by atoms with Gasteiger partial charge in [0.25, 0.3) is 0 Å². The molecule has 0 bridgehead atoms. The molecule has 140 valence electrons. The summed E-state index contributed by atoms with van der Waals surface area (Å²) in [5.74, 6) is -0.622. The third-order valence-corrected chi connectivity index (χ3v) is 3.74. The largest absolute Gasteiger partial charge is 0.459 e. The SMILES string of the molecule is CC(C)=CC(=O)OCC(CBr)OC(=O)NS(=O)(=O)OCC(Cl)(Cl)Cl. The van der Waals surface area contributed by atoms with Crippen molar-refractivity contribution in [3.8, 4) is 0 Å². The second-order valence-corrected chi connectivity index (χ2v) is 8.98. The molecule has 0 saturated carbocycles. The highest BCUT2D eigenvalue weighted by molar-refractivity contribution is 9.09. The summed E-state index contributed by atoms with van der Waals surface area (Å²) in [6.07, 6.45) is -1.02. The lowest BCUT2D eigenvalue weighted by atomic mass is 10.3. The van der Waals surface area contributed by atoms with Gasteiger partial charge in [0, 0.05) is 11.4 Å². The van der Waals surface area contributed by atoms with Crippen LogP contribution in [0.2, 0.25) is 0 Å². The maximum Gasteiger partial charge on any atom is 0.423 e. The molecule has 0 aliphatic carbocycles. The van der Waals surface area contributed by atoms with Gasteiger partial charge in [0.15, 0.2) is 0 Å². The van der Waals surface area contributed by atoms with Crippen LogP contribution in [-0.2, 0) is 28.8 Å². The number of hydrogen-bond donors (Lipinski definition) is 1. The van der Waals surface area contributed by atoms with E-state index in [1.165, 1.54) is 10.8 Å². The van der Waals surface area contributed by atoms with E-state index in [2.05, 4.69) is 20.1 Å². The lowest BCUT2D eigenvalue weighted by Crippen LogP contribution is -2.38. The second kappa shape index (κ2) is 10.7. The summed E-state index contributed by atoms with van der Waals surface area (Å²) in [6.45, 7) is 2.32. The van der Waals surface area contributed by atoms with E-state index in [0.717, 1.165) is 5.57 Å². The average molecular weight is 492 g/mol. The third-order valence-electron chi connectivity index (χ3n) is 1.85. The van der Waals surface area contributed by atoms with Gasteiger partial charge >= 0.3 is 22.4 Å². The number of alkyl halides is 4. The molecule has 0 aliphatic rings. The summed E-state index contributed by atoms with van der Waals surface area (Å²) in [7, 11) is -4.53. The van der Waals surface area contributed by atoms with Gasteiger partial charge in [-0.05, 0) is 13.8 Å². The molecule has 1 N–H and O–H groups in total. The summed E-state index contributed by atoms with van der Waals surface area (Å²) in [6, 6.07) is 0. The summed E-state index contributed by atoms with van der Waals surface area (Å²) in [5.41, 5.74) is 0.728. The zero-order valence-corrected chi connectivity index (χ0v) is 17.2. The predicted octanol–water partition coefficient (Wildman–Crippen LogP) is 2.62. The van der Waals surface area contributed by atoms with E-state index in [4.69, 9.17) is 44.3 Å². The van der Waals surface area contributed by atoms with Crippen LogP contribution in [0, 0.1) is 0 Å². The first-order chi connectivity index (χ1) is 10.8. The summed E-state index contributed by atoms with van der Waals surface area (Å²) < 4.78 is 36.2. The van der Waals surface area contributed by atoms with E-state index in [1.807, 2.05) is 0 Å². The molecule has 1 unspecified atom stereocenters. The van der Waals surface area contributed by atoms with Crippen LogP contribution in [-0.4, -0.2) is 48.9 Å². The van der Waals surface area contributed by atoms with Crippen LogP contribution in [0.4, 0.5) is 4.79 Å². The minimum atomic E-state index is -4.53. The fourth-order valence-corrected chi connectivity index (χ4v) is 2.33. The zero-order chi connectivity index (χ0) is 19.0. The number of halogens is 4. The van der Waals surface area contributed by atoms with Crippen LogP contribution in [0.3, 0.4) is 0 Å². The quantitative estimate of drug-likeness (QED) is 0.316. The number of nitrogens with one attached hydrogen (secondary N) is 1. The van der Waals surface area contributed by atoms with Crippen molar-refractivity contribution in [2.24, 2.45) is 0 Å². The Morgan fingerprint density at radius 1 is 1.29 bits per heavy atom. The fourth-order valence-electron chi connectivity index (χ4n) is 1.01. The van der Waals surface area contributed by atoms with E-state index < -0.39 is 38.9 Å². The van der Waals surface area contributed by atoms with Crippen molar-refractivity contribution < 1.29 is 31.7 Å². The van der Waals surface area contributed by atoms with Gasteiger partial charge in [-0.15, -0.1) is 0 Å². The van der Waals surface area contributed by atoms with Crippen LogP contribution in [0.5, 0.6) is 0 Å². The molecule has 0 rings (SSSR count). The molecule has 1 atom stereocenters. The lowest BCUT2D eigenvalue weighted by Gasteiger charge is -2.16. The molecule has 0 aromatic rings. The number of ether oxygens (including phenoxy) is 2. The summed E-state index contributed by atoms with van der Waals surface area (Å²) >= 11 is 19.0. The molecule has 0 fully saturated rings. The maximum atomic E-state index is 11.5. The first-order valence-corrected chi connectivity index (χ1v) is 9.83. The van der Waals surface area contributed by atoms with Crippen molar-refractivity contribution in [2.75, 3.05) is 18.5 Å². The minimum absolute atomic E-state index is 0.0948. The Kier molecular flexibility index (Phi) is 10.6. The van der Waals surface area contributed by atoms with Crippen molar-refractivity contribution in [1.82, 2.24) is 4.72 Å². The van der Waals surface area contributed by atoms with E-state index in [9.17, 15) is 18.0 Å². The highest BCUT2D eigenvalue weighted by Crippen LogP contribution is 2.26. The van der Waals surface area contributed by atoms with E-state index >= 15 is 0 Å². The van der Waals surface area contributed by atoms with Crippen molar-refractivity contribution in [3.05, 3.63) is 11.6 Å². The average Bonchev–Trinajstić information content (AvgIpc) is 2.39. The number of carbonyl (C=O) groups is 2. The molecule has 0 aromatic carbocycles. The molecule has 0 heterocycles. The van der Waals surface area contributed by atoms with Crippen LogP contribution in [0.25, 0.3) is 0 Å². The lowest BCUT2D eigenvalue weighted by molar-refractivity contribution is -0.140. The maximum absolute atomic E-state index is 11.5. The Morgan fingerprint density at radius 2 is 1.88 bits per heavy atom. The van der Waals surface area contributed by atoms with Gasteiger partial charge in [0.1, 0.15) is 19.3 Å². The predicted molar refractivity (Wildman–Crippen MR) is 92.8 cm³/mol. The fraction of sp³-hybridized carbons (Fsp3) is 0.636. The normalized spacial score (nSPS) is 12.9. The number of carbonyl (C=O) groups excluding carboxylic acids is 2. The Labute approximate surface area is 163 Å². The number of esters is 1. The van der Waals surface area contributed by atoms with Crippen molar-refractivity contribution >= 4 is 73.1 Å². The van der Waals surface area contributed by atoms with Gasteiger partial charge in [-0.2, -0.15) is 13.1 Å². The highest BCUT2D eigenvalue weighted by Gasteiger charge is 2.26. The van der Waals surface area contributed by atoms with Gasteiger partial charge in [-0.1, -0.05) is 56.3 Å². The third kappa shape index (κ3) is 13.1. The number of amides is 1. The van der Waals surface area contributed by atoms with Gasteiger partial charge in [-0.3, -0.25) is 0 Å². The molecule has 0 saturated heterocycles.